The largest absolute Gasteiger partial charge is 0.316 e. The molecule has 0 aliphatic rings. The third kappa shape index (κ3) is 2.30. The molecule has 0 saturated heterocycles. The van der Waals surface area contributed by atoms with Crippen molar-refractivity contribution < 1.29 is 2.85 Å². The predicted octanol–water partition coefficient (Wildman–Crippen LogP) is 2.61. The Balaban J connectivity index is 0.00000162. The lowest BCUT2D eigenvalue weighted by Crippen LogP contribution is -2.28. The third-order valence-electron chi connectivity index (χ3n) is 3.04. The Hall–Kier alpha value is -1.84. The van der Waals surface area contributed by atoms with Gasteiger partial charge in [0.1, 0.15) is 0 Å². The second-order valence-corrected chi connectivity index (χ2v) is 4.40. The Morgan fingerprint density at radius 1 is 1.18 bits per heavy atom. The first kappa shape index (κ1) is 11.6. The van der Waals surface area contributed by atoms with Crippen molar-refractivity contribution in [1.29, 1.82) is 0 Å². The summed E-state index contributed by atoms with van der Waals surface area (Å²) in [6.45, 7) is 4.31. The molecule has 1 aromatic heterocycles. The highest BCUT2D eigenvalue weighted by molar-refractivity contribution is 5.74. The van der Waals surface area contributed by atoms with Gasteiger partial charge in [0.05, 0.1) is 11.0 Å². The zero-order valence-corrected chi connectivity index (χ0v) is 10.0. The lowest BCUT2D eigenvalue weighted by molar-refractivity contribution is 0.665. The maximum atomic E-state index is 11.2. The minimum absolute atomic E-state index is 0. The molecule has 0 bridgehead atoms. The summed E-state index contributed by atoms with van der Waals surface area (Å²) >= 11 is 0. The fraction of sp³-hybridized carbons (Fsp3) is 0.385. The van der Waals surface area contributed by atoms with Crippen LogP contribution in [-0.4, -0.2) is 9.97 Å². The average Bonchev–Trinajstić information content (AvgIpc) is 2.30. The van der Waals surface area contributed by atoms with Gasteiger partial charge in [-0.1, -0.05) is 26.3 Å². The molecule has 0 fully saturated rings. The van der Waals surface area contributed by atoms with Gasteiger partial charge in [-0.25, -0.2) is 0 Å². The number of nitrogens with one attached hydrogen (secondary N) is 2. The van der Waals surface area contributed by atoms with E-state index in [1.54, 1.807) is 0 Å². The summed E-state index contributed by atoms with van der Waals surface area (Å²) in [6.07, 6.45) is 2.24. The van der Waals surface area contributed by atoms with Crippen LogP contribution in [-0.2, 0) is 0 Å². The zero-order chi connectivity index (χ0) is 12.4. The summed E-state index contributed by atoms with van der Waals surface area (Å²) in [4.78, 5) is 27.5. The van der Waals surface area contributed by atoms with Crippen LogP contribution < -0.4 is 11.1 Å². The molecule has 4 heteroatoms. The standard InChI is InChI=1S/C13H16N2O2.2H2/c1-3-4-8(2)9-5-6-10-11(7-9)15-13(17)12(16)14-10;;/h5-8H,3-4H2,1-2H3,(H,14,16)(H,15,17);2*1H. The first-order chi connectivity index (χ1) is 8.11. The van der Waals surface area contributed by atoms with E-state index in [1.165, 1.54) is 5.56 Å². The van der Waals surface area contributed by atoms with E-state index >= 15 is 0 Å². The quantitative estimate of drug-likeness (QED) is 0.804. The van der Waals surface area contributed by atoms with Crippen molar-refractivity contribution in [2.45, 2.75) is 32.6 Å². The van der Waals surface area contributed by atoms with Crippen molar-refractivity contribution in [2.24, 2.45) is 0 Å². The van der Waals surface area contributed by atoms with Crippen LogP contribution in [0.4, 0.5) is 0 Å². The monoisotopic (exact) mass is 236 g/mol. The Kier molecular flexibility index (Phi) is 3.13. The predicted molar refractivity (Wildman–Crippen MR) is 72.7 cm³/mol. The lowest BCUT2D eigenvalue weighted by Gasteiger charge is -2.10. The van der Waals surface area contributed by atoms with Crippen molar-refractivity contribution in [3.63, 3.8) is 0 Å². The van der Waals surface area contributed by atoms with Crippen LogP contribution >= 0.6 is 0 Å². The summed E-state index contributed by atoms with van der Waals surface area (Å²) in [5.41, 5.74) is 1.34. The smallest absolute Gasteiger partial charge is 0.314 e. The molecule has 1 atom stereocenters. The van der Waals surface area contributed by atoms with Crippen molar-refractivity contribution in [2.75, 3.05) is 0 Å². The summed E-state index contributed by atoms with van der Waals surface area (Å²) in [5.74, 6) is 0.458. The first-order valence-electron chi connectivity index (χ1n) is 5.88. The molecule has 0 saturated carbocycles. The molecule has 0 aliphatic carbocycles. The number of hydrogen-bond donors (Lipinski definition) is 2. The Morgan fingerprint density at radius 2 is 1.82 bits per heavy atom. The fourth-order valence-corrected chi connectivity index (χ4v) is 2.04. The molecule has 0 spiro atoms. The molecule has 0 aliphatic heterocycles. The van der Waals surface area contributed by atoms with Crippen LogP contribution in [0.15, 0.2) is 27.8 Å². The van der Waals surface area contributed by atoms with Gasteiger partial charge in [0.25, 0.3) is 0 Å². The third-order valence-corrected chi connectivity index (χ3v) is 3.04. The minimum Gasteiger partial charge on any atom is -0.316 e. The Morgan fingerprint density at radius 3 is 2.47 bits per heavy atom. The van der Waals surface area contributed by atoms with Crippen LogP contribution in [0, 0.1) is 0 Å². The van der Waals surface area contributed by atoms with Crippen molar-refractivity contribution in [1.82, 2.24) is 9.97 Å². The maximum Gasteiger partial charge on any atom is 0.314 e. The van der Waals surface area contributed by atoms with Gasteiger partial charge >= 0.3 is 11.1 Å². The van der Waals surface area contributed by atoms with Crippen LogP contribution in [0.25, 0.3) is 11.0 Å². The molecule has 1 aromatic carbocycles. The van der Waals surface area contributed by atoms with E-state index in [9.17, 15) is 9.59 Å². The second-order valence-electron chi connectivity index (χ2n) is 4.40. The van der Waals surface area contributed by atoms with E-state index in [4.69, 9.17) is 0 Å². The minimum atomic E-state index is -0.605. The number of aromatic amines is 2. The molecule has 1 unspecified atom stereocenters. The van der Waals surface area contributed by atoms with Gasteiger partial charge in [-0.15, -0.1) is 0 Å². The molecule has 2 rings (SSSR count). The van der Waals surface area contributed by atoms with Crippen molar-refractivity contribution in [3.8, 4) is 0 Å². The van der Waals surface area contributed by atoms with E-state index < -0.39 is 11.1 Å². The van der Waals surface area contributed by atoms with E-state index in [1.807, 2.05) is 18.2 Å². The van der Waals surface area contributed by atoms with Crippen LogP contribution in [0.3, 0.4) is 0 Å². The molecule has 17 heavy (non-hydrogen) atoms. The topological polar surface area (TPSA) is 65.7 Å². The van der Waals surface area contributed by atoms with Gasteiger partial charge in [-0.3, -0.25) is 9.59 Å². The molecule has 4 nitrogen and oxygen atoms in total. The lowest BCUT2D eigenvalue weighted by atomic mass is 9.96. The van der Waals surface area contributed by atoms with E-state index in [0.717, 1.165) is 12.8 Å². The summed E-state index contributed by atoms with van der Waals surface area (Å²) in [7, 11) is 0. The normalized spacial score (nSPS) is 12.8. The zero-order valence-electron chi connectivity index (χ0n) is 10.0. The molecule has 0 amide bonds. The van der Waals surface area contributed by atoms with Crippen LogP contribution in [0.5, 0.6) is 0 Å². The highest BCUT2D eigenvalue weighted by Gasteiger charge is 2.06. The molecule has 94 valence electrons. The van der Waals surface area contributed by atoms with Crippen LogP contribution in [0.2, 0.25) is 0 Å². The summed E-state index contributed by atoms with van der Waals surface area (Å²) in [6, 6.07) is 5.78. The summed E-state index contributed by atoms with van der Waals surface area (Å²) in [5, 5.41) is 0. The fourth-order valence-electron chi connectivity index (χ4n) is 2.04. The van der Waals surface area contributed by atoms with Gasteiger partial charge in [0, 0.05) is 2.85 Å². The Bertz CT molecular complexity index is 649. The van der Waals surface area contributed by atoms with Gasteiger partial charge in [0.15, 0.2) is 0 Å². The highest BCUT2D eigenvalue weighted by Crippen LogP contribution is 2.22. The van der Waals surface area contributed by atoms with Crippen molar-refractivity contribution >= 4 is 11.0 Å². The maximum absolute atomic E-state index is 11.2. The SMILES string of the molecule is CCCC(C)c1ccc2[nH]c(=O)c(=O)[nH]c2c1.[HH].[HH]. The van der Waals surface area contributed by atoms with E-state index in [2.05, 4.69) is 23.8 Å². The van der Waals surface area contributed by atoms with Crippen molar-refractivity contribution in [3.05, 3.63) is 44.5 Å². The van der Waals surface area contributed by atoms with E-state index in [0.29, 0.717) is 17.0 Å². The first-order valence-corrected chi connectivity index (χ1v) is 5.88. The van der Waals surface area contributed by atoms with Gasteiger partial charge in [-0.2, -0.15) is 0 Å². The number of benzene rings is 1. The number of fused-ring (bicyclic) bond motifs is 1. The number of aromatic nitrogens is 2. The molecule has 0 radical (unpaired) electrons. The van der Waals surface area contributed by atoms with E-state index in [-0.39, 0.29) is 2.85 Å². The van der Waals surface area contributed by atoms with Gasteiger partial charge in [-0.05, 0) is 30.0 Å². The second kappa shape index (κ2) is 4.57. The molecular formula is C13H20N2O2. The molecule has 2 aromatic rings. The van der Waals surface area contributed by atoms with Crippen LogP contribution in [0.1, 0.15) is 41.0 Å². The average molecular weight is 236 g/mol. The molecule has 1 heterocycles. The molecular weight excluding hydrogens is 216 g/mol. The Labute approximate surface area is 102 Å². The summed E-state index contributed by atoms with van der Waals surface area (Å²) < 4.78 is 0. The number of hydrogen-bond acceptors (Lipinski definition) is 2. The highest BCUT2D eigenvalue weighted by atomic mass is 16.2. The number of H-pyrrole nitrogens is 2. The number of rotatable bonds is 3. The molecule has 2 N–H and O–H groups in total. The van der Waals surface area contributed by atoms with Gasteiger partial charge < -0.3 is 9.97 Å². The van der Waals surface area contributed by atoms with Gasteiger partial charge in [0.2, 0.25) is 0 Å².